The molecule has 1 aromatic rings. The second kappa shape index (κ2) is 8.21. The van der Waals surface area contributed by atoms with E-state index in [1.165, 1.54) is 14.2 Å². The zero-order chi connectivity index (χ0) is 16.0. The number of halogens is 2. The number of anilines is 1. The van der Waals surface area contributed by atoms with E-state index in [9.17, 15) is 8.78 Å². The lowest BCUT2D eigenvalue weighted by atomic mass is 10.1. The lowest BCUT2D eigenvalue weighted by Crippen LogP contribution is -2.40. The van der Waals surface area contributed by atoms with E-state index in [2.05, 4.69) is 0 Å². The molecule has 0 aromatic heterocycles. The Kier molecular flexibility index (Phi) is 6.94. The van der Waals surface area contributed by atoms with E-state index in [1.54, 1.807) is 4.90 Å². The van der Waals surface area contributed by atoms with Gasteiger partial charge in [0.1, 0.15) is 22.3 Å². The van der Waals surface area contributed by atoms with E-state index in [4.69, 9.17) is 27.4 Å². The van der Waals surface area contributed by atoms with Crippen LogP contribution in [0.3, 0.4) is 0 Å². The Morgan fingerprint density at radius 1 is 1.29 bits per heavy atom. The van der Waals surface area contributed by atoms with Gasteiger partial charge in [0.25, 0.3) is 0 Å². The Bertz CT molecular complexity index is 477. The Hall–Kier alpha value is -1.31. The minimum absolute atomic E-state index is 0.0484. The zero-order valence-electron chi connectivity index (χ0n) is 12.4. The summed E-state index contributed by atoms with van der Waals surface area (Å²) in [5.41, 5.74) is 5.44. The molecule has 0 saturated carbocycles. The summed E-state index contributed by atoms with van der Waals surface area (Å²) in [5.74, 6) is -1.42. The van der Waals surface area contributed by atoms with Gasteiger partial charge in [-0.3, -0.25) is 0 Å². The molecule has 0 aliphatic carbocycles. The molecule has 0 spiro atoms. The van der Waals surface area contributed by atoms with Gasteiger partial charge in [-0.2, -0.15) is 0 Å². The maximum Gasteiger partial charge on any atom is 0.150 e. The summed E-state index contributed by atoms with van der Waals surface area (Å²) in [5, 5.41) is 0. The first-order valence-electron chi connectivity index (χ1n) is 6.45. The van der Waals surface area contributed by atoms with Gasteiger partial charge < -0.3 is 20.1 Å². The molecule has 0 fully saturated rings. The molecule has 1 aromatic carbocycles. The summed E-state index contributed by atoms with van der Waals surface area (Å²) in [4.78, 5) is 1.52. The molecule has 1 unspecified atom stereocenters. The van der Waals surface area contributed by atoms with Crippen molar-refractivity contribution in [1.29, 1.82) is 0 Å². The summed E-state index contributed by atoms with van der Waals surface area (Å²) >= 11 is 4.74. The number of nitrogens with zero attached hydrogens (tertiary/aromatic N) is 1. The van der Waals surface area contributed by atoms with E-state index in [0.29, 0.717) is 19.8 Å². The van der Waals surface area contributed by atoms with Gasteiger partial charge in [0, 0.05) is 32.4 Å². The molecule has 0 saturated heterocycles. The number of thiocarbonyl (C=S) groups is 1. The Morgan fingerprint density at radius 3 is 2.29 bits per heavy atom. The molecule has 1 rings (SSSR count). The fourth-order valence-electron chi connectivity index (χ4n) is 2.06. The van der Waals surface area contributed by atoms with Crippen LogP contribution in [0, 0.1) is 11.6 Å². The minimum Gasteiger partial charge on any atom is -0.389 e. The standard InChI is InChI=1S/C14H20F2N2O2S/c1-9(8-20-3)18(4-5-19-2)13-11(15)6-10(14(17)21)7-12(13)16/h6-7,9H,4-5,8H2,1-3H3,(H2,17,21). The van der Waals surface area contributed by atoms with Crippen molar-refractivity contribution in [1.82, 2.24) is 0 Å². The molecule has 0 amide bonds. The highest BCUT2D eigenvalue weighted by atomic mass is 32.1. The molecule has 1 atom stereocenters. The first-order chi connectivity index (χ1) is 9.92. The largest absolute Gasteiger partial charge is 0.389 e. The fourth-order valence-corrected chi connectivity index (χ4v) is 2.17. The minimum atomic E-state index is -0.711. The van der Waals surface area contributed by atoms with Crippen molar-refractivity contribution in [3.8, 4) is 0 Å². The van der Waals surface area contributed by atoms with Gasteiger partial charge in [-0.1, -0.05) is 12.2 Å². The van der Waals surface area contributed by atoms with Gasteiger partial charge in [-0.05, 0) is 19.1 Å². The first-order valence-corrected chi connectivity index (χ1v) is 6.86. The van der Waals surface area contributed by atoms with Crippen LogP contribution < -0.4 is 10.6 Å². The van der Waals surface area contributed by atoms with E-state index in [0.717, 1.165) is 12.1 Å². The van der Waals surface area contributed by atoms with Gasteiger partial charge >= 0.3 is 0 Å². The third-order valence-electron chi connectivity index (χ3n) is 3.06. The number of hydrogen-bond acceptors (Lipinski definition) is 4. The molecule has 0 radical (unpaired) electrons. The third-order valence-corrected chi connectivity index (χ3v) is 3.30. The third kappa shape index (κ3) is 4.59. The molecule has 7 heteroatoms. The van der Waals surface area contributed by atoms with Gasteiger partial charge in [0.2, 0.25) is 0 Å². The number of benzene rings is 1. The summed E-state index contributed by atoms with van der Waals surface area (Å²) < 4.78 is 38.6. The summed E-state index contributed by atoms with van der Waals surface area (Å²) in [7, 11) is 3.06. The van der Waals surface area contributed by atoms with Crippen molar-refractivity contribution in [3.63, 3.8) is 0 Å². The monoisotopic (exact) mass is 318 g/mol. The van der Waals surface area contributed by atoms with Crippen molar-refractivity contribution in [2.75, 3.05) is 38.9 Å². The summed E-state index contributed by atoms with van der Waals surface area (Å²) in [6, 6.07) is 2.06. The van der Waals surface area contributed by atoms with Crippen LogP contribution in [0.5, 0.6) is 0 Å². The SMILES string of the molecule is COCCN(c1c(F)cc(C(N)=S)cc1F)C(C)COC. The van der Waals surface area contributed by atoms with Crippen molar-refractivity contribution in [2.45, 2.75) is 13.0 Å². The number of nitrogens with two attached hydrogens (primary N) is 1. The van der Waals surface area contributed by atoms with Gasteiger partial charge in [-0.15, -0.1) is 0 Å². The molecular formula is C14H20F2N2O2S. The highest BCUT2D eigenvalue weighted by Crippen LogP contribution is 2.27. The zero-order valence-corrected chi connectivity index (χ0v) is 13.2. The number of hydrogen-bond donors (Lipinski definition) is 1. The van der Waals surface area contributed by atoms with Crippen LogP contribution in [0.15, 0.2) is 12.1 Å². The van der Waals surface area contributed by atoms with Crippen molar-refractivity contribution in [2.24, 2.45) is 5.73 Å². The average molecular weight is 318 g/mol. The number of ether oxygens (including phenoxy) is 2. The van der Waals surface area contributed by atoms with Crippen molar-refractivity contribution < 1.29 is 18.3 Å². The number of rotatable bonds is 8. The van der Waals surface area contributed by atoms with Crippen LogP contribution in [0.2, 0.25) is 0 Å². The van der Waals surface area contributed by atoms with E-state index < -0.39 is 11.6 Å². The highest BCUT2D eigenvalue weighted by Gasteiger charge is 2.22. The van der Waals surface area contributed by atoms with Crippen LogP contribution in [0.1, 0.15) is 12.5 Å². The smallest absolute Gasteiger partial charge is 0.150 e. The van der Waals surface area contributed by atoms with Gasteiger partial charge in [0.15, 0.2) is 0 Å². The molecule has 0 heterocycles. The Balaban J connectivity index is 3.20. The number of methoxy groups -OCH3 is 2. The molecule has 0 aliphatic heterocycles. The highest BCUT2D eigenvalue weighted by molar-refractivity contribution is 7.80. The topological polar surface area (TPSA) is 47.7 Å². The molecule has 0 aliphatic rings. The molecule has 21 heavy (non-hydrogen) atoms. The van der Waals surface area contributed by atoms with Crippen molar-refractivity contribution in [3.05, 3.63) is 29.3 Å². The van der Waals surface area contributed by atoms with E-state index in [-0.39, 0.29) is 22.3 Å². The maximum atomic E-state index is 14.3. The first kappa shape index (κ1) is 17.7. The Morgan fingerprint density at radius 2 is 1.86 bits per heavy atom. The fraction of sp³-hybridized carbons (Fsp3) is 0.500. The van der Waals surface area contributed by atoms with Crippen LogP contribution in [-0.2, 0) is 9.47 Å². The summed E-state index contributed by atoms with van der Waals surface area (Å²) in [6.45, 7) is 2.82. The van der Waals surface area contributed by atoms with Gasteiger partial charge in [0.05, 0.1) is 13.2 Å². The lowest BCUT2D eigenvalue weighted by Gasteiger charge is -2.31. The predicted molar refractivity (Wildman–Crippen MR) is 82.8 cm³/mol. The predicted octanol–water partition coefficient (Wildman–Crippen LogP) is 2.09. The molecule has 0 bridgehead atoms. The van der Waals surface area contributed by atoms with Gasteiger partial charge in [-0.25, -0.2) is 8.78 Å². The van der Waals surface area contributed by atoms with Crippen LogP contribution in [-0.4, -0.2) is 45.0 Å². The molecule has 2 N–H and O–H groups in total. The van der Waals surface area contributed by atoms with Crippen LogP contribution in [0.4, 0.5) is 14.5 Å². The Labute approximate surface area is 128 Å². The van der Waals surface area contributed by atoms with Crippen LogP contribution in [0.25, 0.3) is 0 Å². The van der Waals surface area contributed by atoms with Crippen molar-refractivity contribution >= 4 is 22.9 Å². The van der Waals surface area contributed by atoms with E-state index in [1.807, 2.05) is 6.92 Å². The second-order valence-electron chi connectivity index (χ2n) is 4.64. The molecule has 118 valence electrons. The maximum absolute atomic E-state index is 14.3. The second-order valence-corrected chi connectivity index (χ2v) is 5.08. The molecule has 4 nitrogen and oxygen atoms in total. The quantitative estimate of drug-likeness (QED) is 0.744. The average Bonchev–Trinajstić information content (AvgIpc) is 2.41. The normalized spacial score (nSPS) is 12.2. The summed E-state index contributed by atoms with van der Waals surface area (Å²) in [6.07, 6.45) is 0. The van der Waals surface area contributed by atoms with Crippen LogP contribution >= 0.6 is 12.2 Å². The van der Waals surface area contributed by atoms with E-state index >= 15 is 0 Å². The lowest BCUT2D eigenvalue weighted by molar-refractivity contribution is 0.170. The molecular weight excluding hydrogens is 298 g/mol.